The van der Waals surface area contributed by atoms with Crippen molar-refractivity contribution in [1.29, 1.82) is 0 Å². The molecule has 4 heteroatoms. The standard InChI is InChI=1S/C24H25NO3/c1-3-5-9-15-13-16(10-6-4-2)22-19(14-15)20(24(27)28-22)21-17-11-7-8-12-18(17)23(26)25-21/h7-8,11-14H,3-6,9-10H2,1-2H3,(H,25,26)/b21-20+. The third-order valence-corrected chi connectivity index (χ3v) is 5.44. The van der Waals surface area contributed by atoms with Crippen LogP contribution < -0.4 is 10.1 Å². The van der Waals surface area contributed by atoms with Gasteiger partial charge in [-0.25, -0.2) is 4.79 Å². The van der Waals surface area contributed by atoms with E-state index >= 15 is 0 Å². The van der Waals surface area contributed by atoms with Crippen molar-refractivity contribution in [1.82, 2.24) is 5.32 Å². The molecular formula is C24H25NO3. The van der Waals surface area contributed by atoms with Gasteiger partial charge in [0, 0.05) is 16.7 Å². The number of amides is 1. The number of hydrogen-bond acceptors (Lipinski definition) is 3. The average Bonchev–Trinajstić information content (AvgIpc) is 3.21. The van der Waals surface area contributed by atoms with E-state index in [-0.39, 0.29) is 11.9 Å². The topological polar surface area (TPSA) is 55.4 Å². The molecule has 1 amide bonds. The highest BCUT2D eigenvalue weighted by atomic mass is 16.5. The molecule has 28 heavy (non-hydrogen) atoms. The van der Waals surface area contributed by atoms with Crippen LogP contribution in [-0.4, -0.2) is 11.9 Å². The number of esters is 1. The zero-order valence-corrected chi connectivity index (χ0v) is 16.4. The third-order valence-electron chi connectivity index (χ3n) is 5.44. The summed E-state index contributed by atoms with van der Waals surface area (Å²) >= 11 is 0. The molecule has 4 nitrogen and oxygen atoms in total. The quantitative estimate of drug-likeness (QED) is 0.444. The summed E-state index contributed by atoms with van der Waals surface area (Å²) in [6.45, 7) is 4.34. The van der Waals surface area contributed by atoms with Crippen LogP contribution in [0.4, 0.5) is 0 Å². The number of hydrogen-bond donors (Lipinski definition) is 1. The van der Waals surface area contributed by atoms with E-state index in [1.54, 1.807) is 6.07 Å². The second-order valence-electron chi connectivity index (χ2n) is 7.48. The molecule has 0 aromatic heterocycles. The van der Waals surface area contributed by atoms with Crippen LogP contribution in [0.2, 0.25) is 0 Å². The Morgan fingerprint density at radius 2 is 1.61 bits per heavy atom. The summed E-state index contributed by atoms with van der Waals surface area (Å²) < 4.78 is 5.72. The van der Waals surface area contributed by atoms with Crippen molar-refractivity contribution >= 4 is 23.1 Å². The van der Waals surface area contributed by atoms with Crippen LogP contribution in [0.1, 0.15) is 72.1 Å². The zero-order valence-electron chi connectivity index (χ0n) is 16.4. The number of carbonyl (C=O) groups is 2. The molecule has 0 saturated carbocycles. The van der Waals surface area contributed by atoms with E-state index < -0.39 is 0 Å². The first-order valence-corrected chi connectivity index (χ1v) is 10.2. The summed E-state index contributed by atoms with van der Waals surface area (Å²) in [5.41, 5.74) is 5.54. The predicted molar refractivity (Wildman–Crippen MR) is 110 cm³/mol. The Morgan fingerprint density at radius 1 is 0.893 bits per heavy atom. The van der Waals surface area contributed by atoms with Crippen LogP contribution in [0.15, 0.2) is 36.4 Å². The number of ether oxygens (including phenoxy) is 1. The van der Waals surface area contributed by atoms with Gasteiger partial charge < -0.3 is 10.1 Å². The van der Waals surface area contributed by atoms with Gasteiger partial charge in [0.15, 0.2) is 0 Å². The molecule has 0 unspecified atom stereocenters. The predicted octanol–water partition coefficient (Wildman–Crippen LogP) is 4.90. The number of carbonyl (C=O) groups excluding carboxylic acids is 2. The molecule has 4 rings (SSSR count). The smallest absolute Gasteiger partial charge is 0.346 e. The second kappa shape index (κ2) is 7.63. The Hall–Kier alpha value is -2.88. The van der Waals surface area contributed by atoms with Gasteiger partial charge in [-0.1, -0.05) is 51.0 Å². The molecule has 0 aliphatic carbocycles. The zero-order chi connectivity index (χ0) is 19.7. The minimum absolute atomic E-state index is 0.173. The van der Waals surface area contributed by atoms with Gasteiger partial charge in [0.25, 0.3) is 5.91 Å². The summed E-state index contributed by atoms with van der Waals surface area (Å²) in [5.74, 6) is 0.111. The first-order chi connectivity index (χ1) is 13.6. The van der Waals surface area contributed by atoms with Gasteiger partial charge in [-0.15, -0.1) is 0 Å². The van der Waals surface area contributed by atoms with E-state index in [4.69, 9.17) is 4.74 Å². The monoisotopic (exact) mass is 375 g/mol. The van der Waals surface area contributed by atoms with Crippen LogP contribution in [0.25, 0.3) is 11.3 Å². The van der Waals surface area contributed by atoms with Gasteiger partial charge >= 0.3 is 5.97 Å². The molecule has 0 radical (unpaired) electrons. The largest absolute Gasteiger partial charge is 0.422 e. The lowest BCUT2D eigenvalue weighted by molar-refractivity contribution is -0.127. The molecule has 2 heterocycles. The van der Waals surface area contributed by atoms with E-state index in [0.717, 1.165) is 55.2 Å². The lowest BCUT2D eigenvalue weighted by Gasteiger charge is -2.11. The number of aryl methyl sites for hydroxylation is 2. The van der Waals surface area contributed by atoms with Crippen molar-refractivity contribution in [3.05, 3.63) is 64.2 Å². The Morgan fingerprint density at radius 3 is 2.36 bits per heavy atom. The van der Waals surface area contributed by atoms with E-state index in [2.05, 4.69) is 31.3 Å². The highest BCUT2D eigenvalue weighted by Crippen LogP contribution is 2.43. The Kier molecular flexibility index (Phi) is 5.03. The first kappa shape index (κ1) is 18.5. The van der Waals surface area contributed by atoms with Crippen LogP contribution >= 0.6 is 0 Å². The lowest BCUT2D eigenvalue weighted by Crippen LogP contribution is -2.15. The molecule has 2 aromatic carbocycles. The Balaban J connectivity index is 1.88. The average molecular weight is 375 g/mol. The maximum absolute atomic E-state index is 12.9. The number of benzene rings is 2. The Bertz CT molecular complexity index is 987. The fourth-order valence-corrected chi connectivity index (χ4v) is 3.97. The van der Waals surface area contributed by atoms with E-state index in [9.17, 15) is 9.59 Å². The summed E-state index contributed by atoms with van der Waals surface area (Å²) in [7, 11) is 0. The van der Waals surface area contributed by atoms with E-state index in [1.807, 2.05) is 18.2 Å². The molecule has 1 N–H and O–H groups in total. The molecule has 144 valence electrons. The molecule has 0 bridgehead atoms. The Labute approximate surface area is 165 Å². The molecular weight excluding hydrogens is 350 g/mol. The minimum atomic E-state index is -0.382. The van der Waals surface area contributed by atoms with Gasteiger partial charge in [-0.05, 0) is 48.9 Å². The number of nitrogens with one attached hydrogen (secondary N) is 1. The maximum Gasteiger partial charge on any atom is 0.346 e. The maximum atomic E-state index is 12.9. The molecule has 0 saturated heterocycles. The highest BCUT2D eigenvalue weighted by Gasteiger charge is 2.36. The van der Waals surface area contributed by atoms with Crippen molar-refractivity contribution in [2.24, 2.45) is 0 Å². The van der Waals surface area contributed by atoms with E-state index in [0.29, 0.717) is 22.6 Å². The fraction of sp³-hybridized carbons (Fsp3) is 0.333. The highest BCUT2D eigenvalue weighted by molar-refractivity contribution is 6.31. The van der Waals surface area contributed by atoms with Crippen molar-refractivity contribution < 1.29 is 14.3 Å². The SMILES string of the molecule is CCCCc1cc(CCCC)c2c(c1)/C(=C1\NC(=O)c3ccccc31)C(=O)O2. The van der Waals surface area contributed by atoms with Gasteiger partial charge in [0.1, 0.15) is 5.75 Å². The molecule has 0 spiro atoms. The van der Waals surface area contributed by atoms with Crippen molar-refractivity contribution in [3.63, 3.8) is 0 Å². The molecule has 0 atom stereocenters. The fourth-order valence-electron chi connectivity index (χ4n) is 3.97. The summed E-state index contributed by atoms with van der Waals surface area (Å²) in [6.07, 6.45) is 6.22. The van der Waals surface area contributed by atoms with Gasteiger partial charge in [-0.3, -0.25) is 4.79 Å². The van der Waals surface area contributed by atoms with Crippen LogP contribution in [0.5, 0.6) is 5.75 Å². The molecule has 2 aliphatic heterocycles. The van der Waals surface area contributed by atoms with Crippen molar-refractivity contribution in [2.75, 3.05) is 0 Å². The van der Waals surface area contributed by atoms with Crippen molar-refractivity contribution in [2.45, 2.75) is 52.4 Å². The minimum Gasteiger partial charge on any atom is -0.422 e. The normalized spacial score (nSPS) is 17.4. The molecule has 2 aliphatic rings. The molecule has 0 fully saturated rings. The summed E-state index contributed by atoms with van der Waals surface area (Å²) in [6, 6.07) is 11.6. The first-order valence-electron chi connectivity index (χ1n) is 10.2. The number of rotatable bonds is 6. The van der Waals surface area contributed by atoms with Gasteiger partial charge in [-0.2, -0.15) is 0 Å². The number of fused-ring (bicyclic) bond motifs is 2. The summed E-state index contributed by atoms with van der Waals surface area (Å²) in [5, 5.41) is 2.90. The van der Waals surface area contributed by atoms with Gasteiger partial charge in [0.05, 0.1) is 11.3 Å². The van der Waals surface area contributed by atoms with Crippen LogP contribution in [-0.2, 0) is 17.6 Å². The van der Waals surface area contributed by atoms with Crippen LogP contribution in [0, 0.1) is 0 Å². The van der Waals surface area contributed by atoms with Crippen molar-refractivity contribution in [3.8, 4) is 5.75 Å². The summed E-state index contributed by atoms with van der Waals surface area (Å²) in [4.78, 5) is 25.2. The van der Waals surface area contributed by atoms with E-state index in [1.165, 1.54) is 5.56 Å². The number of unbranched alkanes of at least 4 members (excludes halogenated alkanes) is 2. The van der Waals surface area contributed by atoms with Crippen LogP contribution in [0.3, 0.4) is 0 Å². The second-order valence-corrected chi connectivity index (χ2v) is 7.48. The van der Waals surface area contributed by atoms with Gasteiger partial charge in [0.2, 0.25) is 0 Å². The lowest BCUT2D eigenvalue weighted by atomic mass is 9.93. The molecule has 2 aromatic rings. The third kappa shape index (κ3) is 3.13.